The van der Waals surface area contributed by atoms with Crippen molar-refractivity contribution in [3.63, 3.8) is 0 Å². The minimum Gasteiger partial charge on any atom is -0.506 e. The van der Waals surface area contributed by atoms with Gasteiger partial charge in [-0.15, -0.1) is 12.3 Å². The Morgan fingerprint density at radius 2 is 2.31 bits per heavy atom. The third kappa shape index (κ3) is 3.77. The molecule has 2 nitrogen and oxygen atoms in total. The highest BCUT2D eigenvalue weighted by atomic mass is 35.5. The highest BCUT2D eigenvalue weighted by molar-refractivity contribution is 6.32. The highest BCUT2D eigenvalue weighted by Gasteiger charge is 2.04. The van der Waals surface area contributed by atoms with Crippen LogP contribution in [0.2, 0.25) is 5.02 Å². The molecule has 0 radical (unpaired) electrons. The first kappa shape index (κ1) is 12.9. The second-order valence-electron chi connectivity index (χ2n) is 3.68. The van der Waals surface area contributed by atoms with Gasteiger partial charge < -0.3 is 10.4 Å². The van der Waals surface area contributed by atoms with Gasteiger partial charge in [0.15, 0.2) is 0 Å². The van der Waals surface area contributed by atoms with Gasteiger partial charge in [0.2, 0.25) is 0 Å². The Hall–Kier alpha value is -1.17. The number of terminal acetylenes is 1. The van der Waals surface area contributed by atoms with Gasteiger partial charge in [-0.05, 0) is 24.1 Å². The quantitative estimate of drug-likeness (QED) is 0.772. The molecule has 3 heteroatoms. The molecule has 0 heterocycles. The molecule has 0 aliphatic carbocycles. The lowest BCUT2D eigenvalue weighted by Gasteiger charge is -2.14. The predicted octanol–water partition coefficient (Wildman–Crippen LogP) is 2.94. The van der Waals surface area contributed by atoms with Crippen molar-refractivity contribution in [3.05, 3.63) is 28.8 Å². The zero-order valence-corrected chi connectivity index (χ0v) is 10.1. The minimum atomic E-state index is 0.112. The molecule has 1 aromatic rings. The van der Waals surface area contributed by atoms with E-state index in [1.807, 2.05) is 6.07 Å². The summed E-state index contributed by atoms with van der Waals surface area (Å²) in [5, 5.41) is 13.0. The summed E-state index contributed by atoms with van der Waals surface area (Å²) >= 11 is 5.81. The van der Waals surface area contributed by atoms with E-state index in [-0.39, 0.29) is 5.75 Å². The summed E-state index contributed by atoms with van der Waals surface area (Å²) in [5.41, 5.74) is 1.04. The van der Waals surface area contributed by atoms with Gasteiger partial charge in [-0.3, -0.25) is 0 Å². The van der Waals surface area contributed by atoms with Gasteiger partial charge >= 0.3 is 0 Å². The summed E-state index contributed by atoms with van der Waals surface area (Å²) in [7, 11) is 0. The fourth-order valence-electron chi connectivity index (χ4n) is 1.43. The fraction of sp³-hybridized carbons (Fsp3) is 0.385. The Kier molecular flexibility index (Phi) is 5.18. The molecule has 86 valence electrons. The van der Waals surface area contributed by atoms with Crippen molar-refractivity contribution in [2.75, 3.05) is 0 Å². The van der Waals surface area contributed by atoms with Crippen LogP contribution in [0.4, 0.5) is 0 Å². The third-order valence-corrected chi connectivity index (χ3v) is 2.77. The van der Waals surface area contributed by atoms with Crippen molar-refractivity contribution < 1.29 is 5.11 Å². The first-order chi connectivity index (χ1) is 7.67. The zero-order valence-electron chi connectivity index (χ0n) is 9.33. The van der Waals surface area contributed by atoms with E-state index in [1.165, 1.54) is 0 Å². The summed E-state index contributed by atoms with van der Waals surface area (Å²) in [5.74, 6) is 2.76. The molecule has 1 rings (SSSR count). The van der Waals surface area contributed by atoms with Gasteiger partial charge in [0.05, 0.1) is 5.02 Å². The van der Waals surface area contributed by atoms with E-state index in [0.717, 1.165) is 18.4 Å². The number of hydrogen-bond acceptors (Lipinski definition) is 2. The Labute approximate surface area is 102 Å². The number of aromatic hydroxyl groups is 1. The molecule has 1 atom stereocenters. The third-order valence-electron chi connectivity index (χ3n) is 2.46. The molecular formula is C13H16ClNO. The van der Waals surface area contributed by atoms with Crippen molar-refractivity contribution >= 4 is 11.6 Å². The van der Waals surface area contributed by atoms with Crippen LogP contribution in [0.25, 0.3) is 0 Å². The SMILES string of the molecule is C#CCC(CC)NCc1ccc(O)c(Cl)c1. The van der Waals surface area contributed by atoms with Crippen LogP contribution < -0.4 is 5.32 Å². The van der Waals surface area contributed by atoms with E-state index in [9.17, 15) is 5.11 Å². The Balaban J connectivity index is 2.54. The molecule has 2 N–H and O–H groups in total. The molecule has 0 bridgehead atoms. The maximum absolute atomic E-state index is 9.27. The van der Waals surface area contributed by atoms with Gasteiger partial charge in [0.1, 0.15) is 5.75 Å². The van der Waals surface area contributed by atoms with Gasteiger partial charge in [0, 0.05) is 19.0 Å². The van der Waals surface area contributed by atoms with Gasteiger partial charge in [-0.1, -0.05) is 24.6 Å². The van der Waals surface area contributed by atoms with Crippen LogP contribution in [0.15, 0.2) is 18.2 Å². The van der Waals surface area contributed by atoms with E-state index in [1.54, 1.807) is 12.1 Å². The average Bonchev–Trinajstić information content (AvgIpc) is 2.28. The van der Waals surface area contributed by atoms with Crippen molar-refractivity contribution in [1.82, 2.24) is 5.32 Å². The number of hydrogen-bond donors (Lipinski definition) is 2. The van der Waals surface area contributed by atoms with E-state index < -0.39 is 0 Å². The van der Waals surface area contributed by atoms with Crippen molar-refractivity contribution in [1.29, 1.82) is 0 Å². The number of halogens is 1. The molecular weight excluding hydrogens is 222 g/mol. The second kappa shape index (κ2) is 6.42. The molecule has 16 heavy (non-hydrogen) atoms. The summed E-state index contributed by atoms with van der Waals surface area (Å²) in [6.45, 7) is 2.80. The Morgan fingerprint density at radius 3 is 2.88 bits per heavy atom. The maximum atomic E-state index is 9.27. The first-order valence-electron chi connectivity index (χ1n) is 5.31. The average molecular weight is 238 g/mol. The number of phenolic OH excluding ortho intramolecular Hbond substituents is 1. The maximum Gasteiger partial charge on any atom is 0.134 e. The normalized spacial score (nSPS) is 12.1. The Morgan fingerprint density at radius 1 is 1.56 bits per heavy atom. The molecule has 0 aliphatic rings. The monoisotopic (exact) mass is 237 g/mol. The fourth-order valence-corrected chi connectivity index (χ4v) is 1.63. The predicted molar refractivity (Wildman–Crippen MR) is 67.5 cm³/mol. The van der Waals surface area contributed by atoms with E-state index in [4.69, 9.17) is 18.0 Å². The standard InChI is InChI=1S/C13H16ClNO/c1-3-5-11(4-2)15-9-10-6-7-13(16)12(14)8-10/h1,6-8,11,15-16H,4-5,9H2,2H3. The molecule has 1 unspecified atom stereocenters. The molecule has 1 aromatic carbocycles. The van der Waals surface area contributed by atoms with E-state index in [0.29, 0.717) is 17.6 Å². The molecule has 0 aromatic heterocycles. The summed E-state index contributed by atoms with van der Waals surface area (Å²) in [6.07, 6.45) is 6.99. The van der Waals surface area contributed by atoms with Crippen molar-refractivity contribution in [3.8, 4) is 18.1 Å². The van der Waals surface area contributed by atoms with Gasteiger partial charge in [-0.2, -0.15) is 0 Å². The van der Waals surface area contributed by atoms with Crippen LogP contribution in [0.3, 0.4) is 0 Å². The van der Waals surface area contributed by atoms with Crippen LogP contribution in [0, 0.1) is 12.3 Å². The van der Waals surface area contributed by atoms with Gasteiger partial charge in [-0.25, -0.2) is 0 Å². The lowest BCUT2D eigenvalue weighted by molar-refractivity contribution is 0.474. The highest BCUT2D eigenvalue weighted by Crippen LogP contribution is 2.23. The van der Waals surface area contributed by atoms with Crippen molar-refractivity contribution in [2.24, 2.45) is 0 Å². The number of nitrogens with one attached hydrogen (secondary N) is 1. The Bertz CT molecular complexity index is 384. The second-order valence-corrected chi connectivity index (χ2v) is 4.09. The molecule has 0 spiro atoms. The number of benzene rings is 1. The molecule has 0 saturated carbocycles. The van der Waals surface area contributed by atoms with Crippen LogP contribution in [0.5, 0.6) is 5.75 Å². The van der Waals surface area contributed by atoms with Gasteiger partial charge in [0.25, 0.3) is 0 Å². The van der Waals surface area contributed by atoms with Crippen LogP contribution in [-0.2, 0) is 6.54 Å². The van der Waals surface area contributed by atoms with Crippen LogP contribution >= 0.6 is 11.6 Å². The molecule has 0 saturated heterocycles. The molecule has 0 fully saturated rings. The van der Waals surface area contributed by atoms with Crippen molar-refractivity contribution in [2.45, 2.75) is 32.4 Å². The first-order valence-corrected chi connectivity index (χ1v) is 5.69. The zero-order chi connectivity index (χ0) is 12.0. The topological polar surface area (TPSA) is 32.3 Å². The summed E-state index contributed by atoms with van der Waals surface area (Å²) < 4.78 is 0. The summed E-state index contributed by atoms with van der Waals surface area (Å²) in [4.78, 5) is 0. The van der Waals surface area contributed by atoms with Crippen LogP contribution in [0.1, 0.15) is 25.3 Å². The number of rotatable bonds is 5. The lowest BCUT2D eigenvalue weighted by Crippen LogP contribution is -2.27. The minimum absolute atomic E-state index is 0.112. The van der Waals surface area contributed by atoms with Crippen LogP contribution in [-0.4, -0.2) is 11.1 Å². The lowest BCUT2D eigenvalue weighted by atomic mass is 10.1. The smallest absolute Gasteiger partial charge is 0.134 e. The van der Waals surface area contributed by atoms with E-state index >= 15 is 0 Å². The molecule has 0 amide bonds. The summed E-state index contributed by atoms with van der Waals surface area (Å²) in [6, 6.07) is 5.53. The number of phenols is 1. The largest absolute Gasteiger partial charge is 0.506 e. The molecule has 0 aliphatic heterocycles. The van der Waals surface area contributed by atoms with E-state index in [2.05, 4.69) is 18.2 Å².